The average molecular weight is 250 g/mol. The quantitative estimate of drug-likeness (QED) is 0.728. The highest BCUT2D eigenvalue weighted by molar-refractivity contribution is 6.05. The van der Waals surface area contributed by atoms with Crippen LogP contribution < -0.4 is 10.6 Å². The molecule has 94 valence electrons. The first kappa shape index (κ1) is 11.5. The number of benzene rings is 2. The minimum atomic E-state index is -0.0250. The first-order chi connectivity index (χ1) is 9.16. The first-order valence-corrected chi connectivity index (χ1v) is 6.14. The number of nitrogens with two attached hydrogens (primary N) is 1. The molecule has 3 heteroatoms. The van der Waals surface area contributed by atoms with E-state index in [2.05, 4.69) is 0 Å². The molecule has 0 unspecified atom stereocenters. The van der Waals surface area contributed by atoms with Crippen molar-refractivity contribution in [2.24, 2.45) is 0 Å². The fourth-order valence-electron chi connectivity index (χ4n) is 2.38. The predicted molar refractivity (Wildman–Crippen MR) is 79.0 cm³/mol. The SMILES string of the molecule is CC(=O)N1c2ccccc2C=Cc2ccc(N)cc21. The second-order valence-corrected chi connectivity index (χ2v) is 4.56. The molecule has 1 amide bonds. The fraction of sp³-hybridized carbons (Fsp3) is 0.0625. The maximum absolute atomic E-state index is 12.0. The van der Waals surface area contributed by atoms with Crippen LogP contribution in [0.25, 0.3) is 12.2 Å². The standard InChI is InChI=1S/C16H14N2O/c1-11(19)18-15-5-3-2-4-12(15)6-7-13-8-9-14(17)10-16(13)18/h2-10H,17H2,1H3. The Balaban J connectivity index is 2.31. The highest BCUT2D eigenvalue weighted by Crippen LogP contribution is 2.37. The molecular weight excluding hydrogens is 236 g/mol. The summed E-state index contributed by atoms with van der Waals surface area (Å²) >= 11 is 0. The molecule has 0 aliphatic carbocycles. The summed E-state index contributed by atoms with van der Waals surface area (Å²) in [6.07, 6.45) is 4.03. The van der Waals surface area contributed by atoms with Gasteiger partial charge in [-0.3, -0.25) is 9.69 Å². The van der Waals surface area contributed by atoms with Gasteiger partial charge in [0.25, 0.3) is 0 Å². The van der Waals surface area contributed by atoms with Crippen molar-refractivity contribution in [3.05, 3.63) is 53.6 Å². The molecule has 1 aliphatic rings. The van der Waals surface area contributed by atoms with Gasteiger partial charge in [-0.25, -0.2) is 0 Å². The van der Waals surface area contributed by atoms with E-state index in [0.717, 1.165) is 22.5 Å². The number of hydrogen-bond acceptors (Lipinski definition) is 2. The molecule has 0 saturated carbocycles. The lowest BCUT2D eigenvalue weighted by molar-refractivity contribution is -0.115. The number of rotatable bonds is 0. The minimum Gasteiger partial charge on any atom is -0.399 e. The molecule has 19 heavy (non-hydrogen) atoms. The summed E-state index contributed by atoms with van der Waals surface area (Å²) < 4.78 is 0. The molecule has 3 nitrogen and oxygen atoms in total. The summed E-state index contributed by atoms with van der Waals surface area (Å²) in [7, 11) is 0. The lowest BCUT2D eigenvalue weighted by Gasteiger charge is -2.23. The molecule has 2 N–H and O–H groups in total. The summed E-state index contributed by atoms with van der Waals surface area (Å²) in [5.74, 6) is -0.0250. The minimum absolute atomic E-state index is 0.0250. The van der Waals surface area contributed by atoms with Crippen LogP contribution in [0.15, 0.2) is 42.5 Å². The molecule has 0 atom stereocenters. The Bertz CT molecular complexity index is 689. The van der Waals surface area contributed by atoms with E-state index in [-0.39, 0.29) is 5.91 Å². The molecular formula is C16H14N2O. The van der Waals surface area contributed by atoms with E-state index >= 15 is 0 Å². The van der Waals surface area contributed by atoms with Crippen LogP contribution in [0.2, 0.25) is 0 Å². The third-order valence-electron chi connectivity index (χ3n) is 3.23. The molecule has 0 bridgehead atoms. The third kappa shape index (κ3) is 1.89. The number of nitrogen functional groups attached to an aromatic ring is 1. The molecule has 1 aliphatic heterocycles. The highest BCUT2D eigenvalue weighted by Gasteiger charge is 2.21. The molecule has 0 fully saturated rings. The van der Waals surface area contributed by atoms with Crippen LogP contribution in [0.4, 0.5) is 17.1 Å². The van der Waals surface area contributed by atoms with Crippen molar-refractivity contribution in [2.75, 3.05) is 10.6 Å². The number of anilines is 3. The Kier molecular flexibility index (Phi) is 2.60. The van der Waals surface area contributed by atoms with E-state index in [0.29, 0.717) is 5.69 Å². The summed E-state index contributed by atoms with van der Waals surface area (Å²) in [6, 6.07) is 13.5. The summed E-state index contributed by atoms with van der Waals surface area (Å²) in [4.78, 5) is 13.8. The molecule has 2 aromatic carbocycles. The Morgan fingerprint density at radius 2 is 1.68 bits per heavy atom. The van der Waals surface area contributed by atoms with Gasteiger partial charge in [-0.2, -0.15) is 0 Å². The van der Waals surface area contributed by atoms with Gasteiger partial charge >= 0.3 is 0 Å². The van der Waals surface area contributed by atoms with Gasteiger partial charge in [-0.1, -0.05) is 36.4 Å². The molecule has 3 rings (SSSR count). The van der Waals surface area contributed by atoms with Crippen molar-refractivity contribution in [1.29, 1.82) is 0 Å². The van der Waals surface area contributed by atoms with Crippen molar-refractivity contribution in [3.8, 4) is 0 Å². The normalized spacial score (nSPS) is 12.6. The smallest absolute Gasteiger partial charge is 0.228 e. The van der Waals surface area contributed by atoms with Crippen molar-refractivity contribution >= 4 is 35.1 Å². The van der Waals surface area contributed by atoms with Crippen LogP contribution in [-0.4, -0.2) is 5.91 Å². The molecule has 2 aromatic rings. The van der Waals surface area contributed by atoms with Crippen LogP contribution in [0.3, 0.4) is 0 Å². The van der Waals surface area contributed by atoms with Crippen molar-refractivity contribution < 1.29 is 4.79 Å². The number of nitrogens with zero attached hydrogens (tertiary/aromatic N) is 1. The summed E-state index contributed by atoms with van der Waals surface area (Å²) in [5.41, 5.74) is 10.2. The zero-order chi connectivity index (χ0) is 13.4. The van der Waals surface area contributed by atoms with Gasteiger partial charge in [0.15, 0.2) is 0 Å². The van der Waals surface area contributed by atoms with Gasteiger partial charge < -0.3 is 5.73 Å². The maximum Gasteiger partial charge on any atom is 0.228 e. The Labute approximate surface area is 112 Å². The van der Waals surface area contributed by atoms with Gasteiger partial charge in [-0.15, -0.1) is 0 Å². The lowest BCUT2D eigenvalue weighted by Crippen LogP contribution is -2.23. The Hall–Kier alpha value is -2.55. The van der Waals surface area contributed by atoms with Crippen LogP contribution >= 0.6 is 0 Å². The molecule has 0 spiro atoms. The molecule has 0 aromatic heterocycles. The third-order valence-corrected chi connectivity index (χ3v) is 3.23. The van der Waals surface area contributed by atoms with Gasteiger partial charge in [0.2, 0.25) is 5.91 Å². The number of fused-ring (bicyclic) bond motifs is 2. The number of carbonyl (C=O) groups is 1. The van der Waals surface area contributed by atoms with Crippen LogP contribution in [0.5, 0.6) is 0 Å². The van der Waals surface area contributed by atoms with Crippen LogP contribution in [0, 0.1) is 0 Å². The number of carbonyl (C=O) groups excluding carboxylic acids is 1. The second kappa shape index (κ2) is 4.28. The zero-order valence-corrected chi connectivity index (χ0v) is 10.6. The van der Waals surface area contributed by atoms with Gasteiger partial charge in [0.1, 0.15) is 0 Å². The van der Waals surface area contributed by atoms with Crippen LogP contribution in [0.1, 0.15) is 18.1 Å². The van der Waals surface area contributed by atoms with E-state index in [1.165, 1.54) is 0 Å². The monoisotopic (exact) mass is 250 g/mol. The largest absolute Gasteiger partial charge is 0.399 e. The molecule has 0 saturated heterocycles. The first-order valence-electron chi connectivity index (χ1n) is 6.14. The van der Waals surface area contributed by atoms with Crippen LogP contribution in [-0.2, 0) is 4.79 Å². The summed E-state index contributed by atoms with van der Waals surface area (Å²) in [6.45, 7) is 1.56. The topological polar surface area (TPSA) is 46.3 Å². The van der Waals surface area contributed by atoms with Gasteiger partial charge in [0, 0.05) is 12.6 Å². The van der Waals surface area contributed by atoms with Crippen molar-refractivity contribution in [3.63, 3.8) is 0 Å². The van der Waals surface area contributed by atoms with E-state index in [4.69, 9.17) is 5.73 Å². The van der Waals surface area contributed by atoms with E-state index < -0.39 is 0 Å². The van der Waals surface area contributed by atoms with Crippen molar-refractivity contribution in [1.82, 2.24) is 0 Å². The van der Waals surface area contributed by atoms with E-state index in [1.54, 1.807) is 11.8 Å². The second-order valence-electron chi connectivity index (χ2n) is 4.56. The Morgan fingerprint density at radius 3 is 2.42 bits per heavy atom. The predicted octanol–water partition coefficient (Wildman–Crippen LogP) is 3.44. The maximum atomic E-state index is 12.0. The molecule has 1 heterocycles. The zero-order valence-electron chi connectivity index (χ0n) is 10.6. The highest BCUT2D eigenvalue weighted by atomic mass is 16.2. The lowest BCUT2D eigenvalue weighted by atomic mass is 10.1. The fourth-order valence-corrected chi connectivity index (χ4v) is 2.38. The van der Waals surface area contributed by atoms with Gasteiger partial charge in [-0.05, 0) is 29.3 Å². The van der Waals surface area contributed by atoms with E-state index in [1.807, 2.05) is 54.6 Å². The Morgan fingerprint density at radius 1 is 1.00 bits per heavy atom. The van der Waals surface area contributed by atoms with Crippen molar-refractivity contribution in [2.45, 2.75) is 6.92 Å². The van der Waals surface area contributed by atoms with E-state index in [9.17, 15) is 4.79 Å². The van der Waals surface area contributed by atoms with Gasteiger partial charge in [0.05, 0.1) is 11.4 Å². The average Bonchev–Trinajstić information content (AvgIpc) is 2.54. The number of amides is 1. The number of hydrogen-bond donors (Lipinski definition) is 1. The number of para-hydroxylation sites is 1. The molecule has 0 radical (unpaired) electrons. The summed E-state index contributed by atoms with van der Waals surface area (Å²) in [5, 5.41) is 0.